The van der Waals surface area contributed by atoms with Crippen LogP contribution in [-0.4, -0.2) is 29.8 Å². The van der Waals surface area contributed by atoms with Gasteiger partial charge in [0.2, 0.25) is 0 Å². The zero-order chi connectivity index (χ0) is 11.3. The average molecular weight is 205 g/mol. The van der Waals surface area contributed by atoms with E-state index < -0.39 is 0 Å². The molecule has 0 bridgehead atoms. The van der Waals surface area contributed by atoms with Crippen LogP contribution in [0.4, 0.5) is 0 Å². The minimum atomic E-state index is -0.0256. The fraction of sp³-hybridized carbons (Fsp3) is 0.462. The first kappa shape index (κ1) is 11.9. The van der Waals surface area contributed by atoms with E-state index in [-0.39, 0.29) is 11.8 Å². The number of nitrogens with zero attached hydrogens (tertiary/aromatic N) is 1. The number of carbonyl (C=O) groups excluding carboxylic acids is 1. The van der Waals surface area contributed by atoms with Gasteiger partial charge in [-0.05, 0) is 20.0 Å². The van der Waals surface area contributed by atoms with Crippen molar-refractivity contribution in [1.29, 1.82) is 0 Å². The van der Waals surface area contributed by atoms with Crippen LogP contribution in [0.1, 0.15) is 31.1 Å². The summed E-state index contributed by atoms with van der Waals surface area (Å²) < 4.78 is 0. The highest BCUT2D eigenvalue weighted by atomic mass is 16.1. The van der Waals surface area contributed by atoms with Crippen LogP contribution in [-0.2, 0) is 0 Å². The molecule has 0 unspecified atom stereocenters. The van der Waals surface area contributed by atoms with Gasteiger partial charge >= 0.3 is 0 Å². The standard InChI is InChI=1S/C13H19NO/c1-4-14(5-2)11(3)13(15)12-9-7-6-8-10-12/h6-11H,4-5H2,1-3H3/t11-/m0/s1. The van der Waals surface area contributed by atoms with Gasteiger partial charge in [-0.2, -0.15) is 0 Å². The SMILES string of the molecule is CCN(CC)[C@@H](C)C(=O)c1ccccc1. The lowest BCUT2D eigenvalue weighted by Gasteiger charge is -2.25. The van der Waals surface area contributed by atoms with Gasteiger partial charge in [-0.15, -0.1) is 0 Å². The Morgan fingerprint density at radius 3 is 2.20 bits per heavy atom. The molecule has 0 aromatic heterocycles. The fourth-order valence-electron chi connectivity index (χ4n) is 1.78. The lowest BCUT2D eigenvalue weighted by molar-refractivity contribution is 0.0851. The summed E-state index contributed by atoms with van der Waals surface area (Å²) >= 11 is 0. The molecular formula is C13H19NO. The number of carbonyl (C=O) groups is 1. The van der Waals surface area contributed by atoms with E-state index in [1.165, 1.54) is 0 Å². The summed E-state index contributed by atoms with van der Waals surface area (Å²) in [6.07, 6.45) is 0. The molecule has 0 saturated heterocycles. The first-order valence-corrected chi connectivity index (χ1v) is 5.54. The first-order chi connectivity index (χ1) is 7.20. The summed E-state index contributed by atoms with van der Waals surface area (Å²) in [5.74, 6) is 0.208. The summed E-state index contributed by atoms with van der Waals surface area (Å²) in [6.45, 7) is 7.96. The molecule has 1 aromatic carbocycles. The number of benzene rings is 1. The highest BCUT2D eigenvalue weighted by Crippen LogP contribution is 2.08. The quantitative estimate of drug-likeness (QED) is 0.689. The second-order valence-corrected chi connectivity index (χ2v) is 3.63. The van der Waals surface area contributed by atoms with E-state index in [9.17, 15) is 4.79 Å². The second-order valence-electron chi connectivity index (χ2n) is 3.63. The molecule has 0 N–H and O–H groups in total. The van der Waals surface area contributed by atoms with Crippen molar-refractivity contribution in [3.8, 4) is 0 Å². The fourth-order valence-corrected chi connectivity index (χ4v) is 1.78. The molecule has 0 aliphatic carbocycles. The van der Waals surface area contributed by atoms with E-state index >= 15 is 0 Å². The van der Waals surface area contributed by atoms with Crippen LogP contribution < -0.4 is 0 Å². The summed E-state index contributed by atoms with van der Waals surface area (Å²) in [6, 6.07) is 9.47. The molecule has 1 aromatic rings. The molecule has 0 amide bonds. The molecule has 1 atom stereocenters. The van der Waals surface area contributed by atoms with Crippen LogP contribution in [0.3, 0.4) is 0 Å². The van der Waals surface area contributed by atoms with Crippen molar-refractivity contribution in [2.45, 2.75) is 26.8 Å². The molecule has 15 heavy (non-hydrogen) atoms. The minimum absolute atomic E-state index is 0.0256. The van der Waals surface area contributed by atoms with Crippen LogP contribution >= 0.6 is 0 Å². The Morgan fingerprint density at radius 2 is 1.73 bits per heavy atom. The highest BCUT2D eigenvalue weighted by molar-refractivity contribution is 5.99. The van der Waals surface area contributed by atoms with Gasteiger partial charge in [0.25, 0.3) is 0 Å². The van der Waals surface area contributed by atoms with E-state index in [0.29, 0.717) is 0 Å². The molecule has 0 radical (unpaired) electrons. The molecule has 0 aliphatic heterocycles. The van der Waals surface area contributed by atoms with Crippen molar-refractivity contribution in [3.05, 3.63) is 35.9 Å². The van der Waals surface area contributed by atoms with Crippen LogP contribution in [0.2, 0.25) is 0 Å². The van der Waals surface area contributed by atoms with Gasteiger partial charge in [0.05, 0.1) is 6.04 Å². The monoisotopic (exact) mass is 205 g/mol. The largest absolute Gasteiger partial charge is 0.294 e. The Bertz CT molecular complexity index is 304. The third-order valence-electron chi connectivity index (χ3n) is 2.80. The van der Waals surface area contributed by atoms with E-state index in [4.69, 9.17) is 0 Å². The number of hydrogen-bond acceptors (Lipinski definition) is 2. The van der Waals surface area contributed by atoms with Gasteiger partial charge in [0.1, 0.15) is 0 Å². The Kier molecular flexibility index (Phi) is 4.50. The number of ketones is 1. The van der Waals surface area contributed by atoms with Gasteiger partial charge in [0.15, 0.2) is 5.78 Å². The molecule has 0 saturated carbocycles. The van der Waals surface area contributed by atoms with E-state index in [1.807, 2.05) is 37.3 Å². The molecular weight excluding hydrogens is 186 g/mol. The molecule has 1 rings (SSSR count). The van der Waals surface area contributed by atoms with Crippen molar-refractivity contribution >= 4 is 5.78 Å². The summed E-state index contributed by atoms with van der Waals surface area (Å²) in [4.78, 5) is 14.2. The zero-order valence-corrected chi connectivity index (χ0v) is 9.73. The number of hydrogen-bond donors (Lipinski definition) is 0. The second kappa shape index (κ2) is 5.66. The van der Waals surface area contributed by atoms with E-state index in [1.54, 1.807) is 0 Å². The molecule has 0 fully saturated rings. The van der Waals surface area contributed by atoms with Crippen LogP contribution in [0, 0.1) is 0 Å². The lowest BCUT2D eigenvalue weighted by atomic mass is 10.0. The lowest BCUT2D eigenvalue weighted by Crippen LogP contribution is -2.38. The Labute approximate surface area is 91.9 Å². The van der Waals surface area contributed by atoms with Gasteiger partial charge in [-0.3, -0.25) is 9.69 Å². The molecule has 82 valence electrons. The number of likely N-dealkylation sites (N-methyl/N-ethyl adjacent to an activating group) is 1. The van der Waals surface area contributed by atoms with Gasteiger partial charge in [-0.1, -0.05) is 44.2 Å². The van der Waals surface area contributed by atoms with Crippen LogP contribution in [0.15, 0.2) is 30.3 Å². The van der Waals surface area contributed by atoms with Crippen molar-refractivity contribution in [1.82, 2.24) is 4.90 Å². The predicted molar refractivity (Wildman–Crippen MR) is 63.2 cm³/mol. The number of rotatable bonds is 5. The topological polar surface area (TPSA) is 20.3 Å². The summed E-state index contributed by atoms with van der Waals surface area (Å²) in [5.41, 5.74) is 0.803. The molecule has 2 heteroatoms. The Morgan fingerprint density at radius 1 is 1.20 bits per heavy atom. The third kappa shape index (κ3) is 2.90. The van der Waals surface area contributed by atoms with Crippen molar-refractivity contribution < 1.29 is 4.79 Å². The molecule has 0 heterocycles. The first-order valence-electron chi connectivity index (χ1n) is 5.54. The summed E-state index contributed by atoms with van der Waals surface area (Å²) in [7, 11) is 0. The minimum Gasteiger partial charge on any atom is -0.294 e. The smallest absolute Gasteiger partial charge is 0.179 e. The van der Waals surface area contributed by atoms with E-state index in [0.717, 1.165) is 18.7 Å². The third-order valence-corrected chi connectivity index (χ3v) is 2.80. The Hall–Kier alpha value is -1.15. The summed E-state index contributed by atoms with van der Waals surface area (Å²) in [5, 5.41) is 0. The predicted octanol–water partition coefficient (Wildman–Crippen LogP) is 2.60. The zero-order valence-electron chi connectivity index (χ0n) is 9.73. The van der Waals surface area contributed by atoms with Crippen molar-refractivity contribution in [3.63, 3.8) is 0 Å². The van der Waals surface area contributed by atoms with Crippen molar-refractivity contribution in [2.24, 2.45) is 0 Å². The van der Waals surface area contributed by atoms with Crippen LogP contribution in [0.5, 0.6) is 0 Å². The maximum atomic E-state index is 12.1. The van der Waals surface area contributed by atoms with Crippen LogP contribution in [0.25, 0.3) is 0 Å². The van der Waals surface area contributed by atoms with Gasteiger partial charge in [0, 0.05) is 5.56 Å². The van der Waals surface area contributed by atoms with Gasteiger partial charge < -0.3 is 0 Å². The van der Waals surface area contributed by atoms with E-state index in [2.05, 4.69) is 18.7 Å². The van der Waals surface area contributed by atoms with Crippen molar-refractivity contribution in [2.75, 3.05) is 13.1 Å². The molecule has 0 aliphatic rings. The Balaban J connectivity index is 2.77. The highest BCUT2D eigenvalue weighted by Gasteiger charge is 2.19. The van der Waals surface area contributed by atoms with Gasteiger partial charge in [-0.25, -0.2) is 0 Å². The maximum Gasteiger partial charge on any atom is 0.179 e. The maximum absolute atomic E-state index is 12.1. The molecule has 0 spiro atoms. The average Bonchev–Trinajstić information content (AvgIpc) is 2.30. The normalized spacial score (nSPS) is 12.8. The number of Topliss-reactive ketones (excluding diaryl/α,β-unsaturated/α-hetero) is 1. The molecule has 2 nitrogen and oxygen atoms in total.